The number of anilines is 2. The van der Waals surface area contributed by atoms with E-state index in [1.54, 1.807) is 0 Å². The second-order valence-electron chi connectivity index (χ2n) is 9.33. The normalized spacial score (nSPS) is 14.3. The zero-order valence-corrected chi connectivity index (χ0v) is 20.8. The summed E-state index contributed by atoms with van der Waals surface area (Å²) >= 11 is 0. The first-order valence-electron chi connectivity index (χ1n) is 11.8. The highest BCUT2D eigenvalue weighted by Crippen LogP contribution is 2.42. The number of aromatic nitrogens is 3. The van der Waals surface area contributed by atoms with E-state index in [1.165, 1.54) is 30.1 Å². The van der Waals surface area contributed by atoms with Crippen LogP contribution in [-0.2, 0) is 26.3 Å². The van der Waals surface area contributed by atoms with Crippen molar-refractivity contribution < 1.29 is 40.6 Å². The van der Waals surface area contributed by atoms with Crippen LogP contribution < -0.4 is 15.8 Å². The molecule has 0 bridgehead atoms. The van der Waals surface area contributed by atoms with Crippen LogP contribution in [0.3, 0.4) is 0 Å². The van der Waals surface area contributed by atoms with Crippen molar-refractivity contribution in [2.45, 2.75) is 31.5 Å². The second-order valence-corrected chi connectivity index (χ2v) is 9.33. The Kier molecular flexibility index (Phi) is 6.62. The van der Waals surface area contributed by atoms with E-state index in [0.29, 0.717) is 17.2 Å². The van der Waals surface area contributed by atoms with Crippen LogP contribution in [0.5, 0.6) is 0 Å². The number of hydrogen-bond acceptors (Lipinski definition) is 6. The van der Waals surface area contributed by atoms with Gasteiger partial charge in [0, 0.05) is 31.9 Å². The van der Waals surface area contributed by atoms with E-state index < -0.39 is 69.2 Å². The molecule has 1 aliphatic heterocycles. The maximum absolute atomic E-state index is 14.5. The molecule has 3 heterocycles. The summed E-state index contributed by atoms with van der Waals surface area (Å²) in [4.78, 5) is 34.1. The van der Waals surface area contributed by atoms with Crippen LogP contribution in [0.2, 0.25) is 0 Å². The van der Waals surface area contributed by atoms with Crippen LogP contribution in [0.4, 0.5) is 42.4 Å². The lowest BCUT2D eigenvalue weighted by Gasteiger charge is -2.26. The molecule has 41 heavy (non-hydrogen) atoms. The highest BCUT2D eigenvalue weighted by molar-refractivity contribution is 5.92. The van der Waals surface area contributed by atoms with E-state index in [1.807, 2.05) is 5.32 Å². The van der Waals surface area contributed by atoms with E-state index in [2.05, 4.69) is 9.97 Å². The Labute approximate surface area is 225 Å². The van der Waals surface area contributed by atoms with E-state index in [0.717, 1.165) is 22.9 Å². The van der Waals surface area contributed by atoms with Gasteiger partial charge in [-0.25, -0.2) is 19.2 Å². The Hall–Kier alpha value is -4.69. The summed E-state index contributed by atoms with van der Waals surface area (Å²) in [6.45, 7) is 0.142. The lowest BCUT2D eigenvalue weighted by molar-refractivity contribution is -0.145. The Morgan fingerprint density at radius 2 is 1.76 bits per heavy atom. The van der Waals surface area contributed by atoms with Gasteiger partial charge in [0.1, 0.15) is 5.82 Å². The van der Waals surface area contributed by atoms with E-state index in [4.69, 9.17) is 0 Å². The predicted molar refractivity (Wildman–Crippen MR) is 132 cm³/mol. The largest absolute Gasteiger partial charge is 0.476 e. The molecule has 0 spiro atoms. The van der Waals surface area contributed by atoms with Crippen LogP contribution in [0.1, 0.15) is 38.8 Å². The van der Waals surface area contributed by atoms with Crippen LogP contribution in [-0.4, -0.2) is 31.8 Å². The van der Waals surface area contributed by atoms with Crippen molar-refractivity contribution in [3.63, 3.8) is 0 Å². The molecule has 0 amide bonds. The van der Waals surface area contributed by atoms with Gasteiger partial charge in [0.15, 0.2) is 11.7 Å². The van der Waals surface area contributed by atoms with Gasteiger partial charge in [0.25, 0.3) is 5.56 Å². The highest BCUT2D eigenvalue weighted by Gasteiger charge is 2.44. The predicted octanol–water partition coefficient (Wildman–Crippen LogP) is 5.42. The van der Waals surface area contributed by atoms with E-state index >= 15 is 0 Å². The van der Waals surface area contributed by atoms with E-state index in [-0.39, 0.29) is 25.1 Å². The minimum Gasteiger partial charge on any atom is -0.476 e. The summed E-state index contributed by atoms with van der Waals surface area (Å²) in [5, 5.41) is 10.6. The molecule has 4 aromatic rings. The number of halogens is 7. The Morgan fingerprint density at radius 3 is 2.41 bits per heavy atom. The van der Waals surface area contributed by atoms with Crippen molar-refractivity contribution in [1.29, 1.82) is 0 Å². The van der Waals surface area contributed by atoms with Gasteiger partial charge < -0.3 is 15.3 Å². The van der Waals surface area contributed by atoms with Gasteiger partial charge in [-0.15, -0.1) is 0 Å². The summed E-state index contributed by atoms with van der Waals surface area (Å²) in [6, 6.07) is 3.83. The smallest absolute Gasteiger partial charge is 0.416 e. The van der Waals surface area contributed by atoms with Crippen LogP contribution >= 0.6 is 0 Å². The molecule has 0 radical (unpaired) electrons. The topological polar surface area (TPSA) is 100 Å². The lowest BCUT2D eigenvalue weighted by atomic mass is 9.98. The fourth-order valence-corrected chi connectivity index (χ4v) is 4.75. The molecular weight excluding hydrogens is 563 g/mol. The van der Waals surface area contributed by atoms with Crippen molar-refractivity contribution in [1.82, 2.24) is 14.5 Å². The summed E-state index contributed by atoms with van der Waals surface area (Å²) in [5.41, 5.74) is -4.51. The fraction of sp³-hybridized carbons (Fsp3) is 0.231. The van der Waals surface area contributed by atoms with Crippen molar-refractivity contribution in [2.24, 2.45) is 7.05 Å². The minimum absolute atomic E-state index is 0.0352. The molecule has 1 aliphatic rings. The number of carboxylic acids is 1. The van der Waals surface area contributed by atoms with Crippen LogP contribution in [0.15, 0.2) is 53.5 Å². The molecule has 0 unspecified atom stereocenters. The van der Waals surface area contributed by atoms with Crippen molar-refractivity contribution >= 4 is 28.5 Å². The molecular formula is C26H18F7N5O3. The Balaban J connectivity index is 1.75. The average molecular weight is 581 g/mol. The molecule has 8 nitrogen and oxygen atoms in total. The number of hydrogen-bond donors (Lipinski definition) is 2. The summed E-state index contributed by atoms with van der Waals surface area (Å²) in [5.74, 6) is -2.36. The molecule has 2 aromatic carbocycles. The number of benzene rings is 2. The first-order valence-corrected chi connectivity index (χ1v) is 11.8. The number of aromatic carboxylic acids is 1. The van der Waals surface area contributed by atoms with Crippen LogP contribution in [0.25, 0.3) is 10.9 Å². The lowest BCUT2D eigenvalue weighted by Crippen LogP contribution is -2.32. The van der Waals surface area contributed by atoms with E-state index in [9.17, 15) is 45.4 Å². The molecule has 0 aliphatic carbocycles. The zero-order chi connectivity index (χ0) is 29.9. The summed E-state index contributed by atoms with van der Waals surface area (Å²) < 4.78 is 99.7. The summed E-state index contributed by atoms with van der Waals surface area (Å²) in [7, 11) is 1.21. The van der Waals surface area contributed by atoms with Gasteiger partial charge in [0.05, 0.1) is 22.2 Å². The van der Waals surface area contributed by atoms with Gasteiger partial charge in [-0.3, -0.25) is 9.36 Å². The molecule has 2 N–H and O–H groups in total. The first kappa shape index (κ1) is 27.9. The maximum Gasteiger partial charge on any atom is 0.416 e. The molecule has 214 valence electrons. The quantitative estimate of drug-likeness (QED) is 0.304. The fourth-order valence-electron chi connectivity index (χ4n) is 4.75. The second kappa shape index (κ2) is 9.74. The summed E-state index contributed by atoms with van der Waals surface area (Å²) in [6.07, 6.45) is -9.40. The van der Waals surface area contributed by atoms with Gasteiger partial charge in [-0.2, -0.15) is 26.3 Å². The molecule has 15 heteroatoms. The van der Waals surface area contributed by atoms with Gasteiger partial charge in [-0.05, 0) is 47.5 Å². The van der Waals surface area contributed by atoms with Crippen molar-refractivity contribution in [2.75, 3.05) is 10.2 Å². The van der Waals surface area contributed by atoms with Gasteiger partial charge in [0.2, 0.25) is 5.95 Å². The number of rotatable bonds is 5. The molecule has 5 rings (SSSR count). The molecule has 2 aromatic heterocycles. The average Bonchev–Trinajstić information content (AvgIpc) is 3.30. The number of nitrogens with one attached hydrogen (secondary N) is 1. The molecule has 0 saturated heterocycles. The monoisotopic (exact) mass is 581 g/mol. The molecule has 0 fully saturated rings. The first-order chi connectivity index (χ1) is 19.1. The molecule has 1 atom stereocenters. The zero-order valence-electron chi connectivity index (χ0n) is 20.8. The minimum atomic E-state index is -5.28. The number of pyridine rings is 1. The molecule has 0 saturated carbocycles. The Morgan fingerprint density at radius 1 is 1.05 bits per heavy atom. The van der Waals surface area contributed by atoms with Crippen LogP contribution in [0, 0.1) is 5.82 Å². The Bertz CT molecular complexity index is 1750. The number of alkyl halides is 6. The number of nitrogens with zero attached hydrogens (tertiary/aromatic N) is 4. The standard InChI is InChI=1S/C26H18F7N5O3/c1-37-22(39)17-9-14(25(28,29)30)8-16(21(26(31,32)33)35-18-3-2-6-34-20(18)23(40)41)19(17)36-24(37)38-10-12-4-5-15(27)7-13(12)11-38/h2-9,21,35H,10-11H2,1H3,(H,40,41)/t21-/m0/s1. The third-order valence-corrected chi connectivity index (χ3v) is 6.64. The SMILES string of the molecule is Cn1c(N2Cc3ccc(F)cc3C2)nc2c([C@H](Nc3cccnc3C(=O)O)C(F)(F)F)cc(C(F)(F)F)cc2c1=O. The number of carboxylic acid groups (broad SMARTS) is 1. The number of carbonyl (C=O) groups is 1. The van der Waals surface area contributed by atoms with Crippen molar-refractivity contribution in [3.8, 4) is 0 Å². The third-order valence-electron chi connectivity index (χ3n) is 6.64. The van der Waals surface area contributed by atoms with Crippen molar-refractivity contribution in [3.05, 3.63) is 92.8 Å². The van der Waals surface area contributed by atoms with Gasteiger partial charge in [-0.1, -0.05) is 6.07 Å². The number of fused-ring (bicyclic) bond motifs is 2. The third kappa shape index (κ3) is 5.14. The maximum atomic E-state index is 14.5. The highest BCUT2D eigenvalue weighted by atomic mass is 19.4. The van der Waals surface area contributed by atoms with Gasteiger partial charge >= 0.3 is 18.3 Å².